The van der Waals surface area contributed by atoms with Gasteiger partial charge in [0.15, 0.2) is 0 Å². The van der Waals surface area contributed by atoms with Crippen LogP contribution < -0.4 is 0 Å². The smallest absolute Gasteiger partial charge is 0.149 e. The maximum absolute atomic E-state index is 5.07. The fourth-order valence-electron chi connectivity index (χ4n) is 6.67. The quantitative estimate of drug-likeness (QED) is 0.165. The number of rotatable bonds is 13. The van der Waals surface area contributed by atoms with E-state index in [1.165, 1.54) is 50.1 Å². The molecular weight excluding hydrogens is 591 g/mol. The molecule has 0 amide bonds. The maximum Gasteiger partial charge on any atom is 0.149 e. The molecule has 0 aromatic heterocycles. The first-order valence-corrected chi connectivity index (χ1v) is 17.1. The van der Waals surface area contributed by atoms with E-state index in [9.17, 15) is 0 Å². The van der Waals surface area contributed by atoms with Crippen LogP contribution >= 0.6 is 0 Å². The Balaban J connectivity index is 1.44. The van der Waals surface area contributed by atoms with Crippen molar-refractivity contribution in [3.05, 3.63) is 204 Å². The van der Waals surface area contributed by atoms with Crippen LogP contribution in [0.2, 0.25) is 0 Å². The molecule has 0 bridgehead atoms. The van der Waals surface area contributed by atoms with Gasteiger partial charge in [0.1, 0.15) is 5.54 Å². The van der Waals surface area contributed by atoms with E-state index in [0.717, 1.165) is 35.3 Å². The van der Waals surface area contributed by atoms with Gasteiger partial charge in [-0.05, 0) is 126 Å². The summed E-state index contributed by atoms with van der Waals surface area (Å²) >= 11 is 0. The summed E-state index contributed by atoms with van der Waals surface area (Å²) in [5.41, 5.74) is 14.8. The van der Waals surface area contributed by atoms with Gasteiger partial charge in [0.25, 0.3) is 0 Å². The molecule has 1 heterocycles. The summed E-state index contributed by atoms with van der Waals surface area (Å²) in [5, 5.41) is 0. The summed E-state index contributed by atoms with van der Waals surface area (Å²) in [5.74, 6) is 0. The Kier molecular flexibility index (Phi) is 11.4. The molecular formula is C48H47N. The first-order chi connectivity index (χ1) is 23.9. The average molecular weight is 638 g/mol. The molecule has 0 radical (unpaired) electrons. The van der Waals surface area contributed by atoms with E-state index in [2.05, 4.69) is 162 Å². The van der Waals surface area contributed by atoms with Crippen LogP contribution in [-0.2, 0) is 0 Å². The second kappa shape index (κ2) is 16.0. The van der Waals surface area contributed by atoms with Crippen LogP contribution in [0.3, 0.4) is 0 Å². The zero-order valence-corrected chi connectivity index (χ0v) is 29.4. The number of hydrogen-bond donors (Lipinski definition) is 0. The first-order valence-electron chi connectivity index (χ1n) is 17.1. The standard InChI is InChI=1S/C48H47N/c1-8-14-21-35(7)48(47(49-48)38(12-5)19-9-2)44(13-6)31-30-36-22-15-24-39(32-36)40-25-16-26-41(33-40)42-27-17-28-43(34-42)46-29-18-23-37(11-4)45(46)20-10-3/h8-17,19-22,24-34H,2,4-5,18,23H2,1,3,6-7H3/b14-8-,20-10-,31-30-,35-21+,38-19+,44-13+. The molecule has 0 spiro atoms. The van der Waals surface area contributed by atoms with Crippen LogP contribution in [0.15, 0.2) is 198 Å². The van der Waals surface area contributed by atoms with E-state index < -0.39 is 5.54 Å². The van der Waals surface area contributed by atoms with Crippen molar-refractivity contribution in [3.63, 3.8) is 0 Å². The fraction of sp³-hybridized carbons (Fsp3) is 0.146. The fourth-order valence-corrected chi connectivity index (χ4v) is 6.67. The number of benzene rings is 3. The van der Waals surface area contributed by atoms with Gasteiger partial charge >= 0.3 is 0 Å². The Hall–Kier alpha value is -5.53. The zero-order chi connectivity index (χ0) is 34.8. The molecule has 3 aromatic rings. The summed E-state index contributed by atoms with van der Waals surface area (Å²) in [6.07, 6.45) is 29.2. The predicted molar refractivity (Wildman–Crippen MR) is 217 cm³/mol. The van der Waals surface area contributed by atoms with Gasteiger partial charge in [0, 0.05) is 0 Å². The highest BCUT2D eigenvalue weighted by atomic mass is 15.1. The highest BCUT2D eigenvalue weighted by Crippen LogP contribution is 2.46. The second-order valence-electron chi connectivity index (χ2n) is 12.3. The molecule has 49 heavy (non-hydrogen) atoms. The van der Waals surface area contributed by atoms with Crippen molar-refractivity contribution in [2.24, 2.45) is 4.99 Å². The van der Waals surface area contributed by atoms with Crippen LogP contribution in [0.5, 0.6) is 0 Å². The Morgan fingerprint density at radius 1 is 0.776 bits per heavy atom. The van der Waals surface area contributed by atoms with Crippen molar-refractivity contribution in [1.82, 2.24) is 0 Å². The van der Waals surface area contributed by atoms with Gasteiger partial charge in [-0.2, -0.15) is 0 Å². The highest BCUT2D eigenvalue weighted by molar-refractivity contribution is 6.23. The van der Waals surface area contributed by atoms with E-state index in [-0.39, 0.29) is 0 Å². The van der Waals surface area contributed by atoms with Crippen LogP contribution in [-0.4, -0.2) is 11.3 Å². The molecule has 1 atom stereocenters. The molecule has 0 saturated carbocycles. The lowest BCUT2D eigenvalue weighted by atomic mass is 9.82. The van der Waals surface area contributed by atoms with Crippen LogP contribution in [0.4, 0.5) is 0 Å². The Bertz CT molecular complexity index is 2040. The van der Waals surface area contributed by atoms with Gasteiger partial charge in [0.2, 0.25) is 0 Å². The molecule has 1 aliphatic heterocycles. The van der Waals surface area contributed by atoms with E-state index >= 15 is 0 Å². The van der Waals surface area contributed by atoms with E-state index in [1.54, 1.807) is 6.08 Å². The van der Waals surface area contributed by atoms with Crippen molar-refractivity contribution >= 4 is 17.4 Å². The number of aliphatic imine (C=N–C) groups is 1. The van der Waals surface area contributed by atoms with Crippen molar-refractivity contribution in [3.8, 4) is 22.3 Å². The van der Waals surface area contributed by atoms with Gasteiger partial charge in [-0.3, -0.25) is 4.99 Å². The van der Waals surface area contributed by atoms with E-state index in [0.29, 0.717) is 0 Å². The van der Waals surface area contributed by atoms with Crippen LogP contribution in [0.1, 0.15) is 51.7 Å². The topological polar surface area (TPSA) is 12.4 Å². The van der Waals surface area contributed by atoms with Crippen molar-refractivity contribution < 1.29 is 0 Å². The van der Waals surface area contributed by atoms with Gasteiger partial charge in [-0.15, -0.1) is 0 Å². The molecule has 244 valence electrons. The monoisotopic (exact) mass is 637 g/mol. The van der Waals surface area contributed by atoms with Gasteiger partial charge in [-0.25, -0.2) is 0 Å². The molecule has 0 N–H and O–H groups in total. The Morgan fingerprint density at radius 2 is 1.43 bits per heavy atom. The molecule has 1 aliphatic carbocycles. The lowest BCUT2D eigenvalue weighted by Gasteiger charge is -2.19. The van der Waals surface area contributed by atoms with Crippen molar-refractivity contribution in [1.29, 1.82) is 0 Å². The summed E-state index contributed by atoms with van der Waals surface area (Å²) in [6, 6.07) is 26.5. The summed E-state index contributed by atoms with van der Waals surface area (Å²) in [6.45, 7) is 20.3. The normalized spacial score (nSPS) is 18.7. The number of allylic oxidation sites excluding steroid dienone is 14. The third-order valence-electron chi connectivity index (χ3n) is 9.22. The Labute approximate surface area is 294 Å². The minimum atomic E-state index is -0.501. The maximum atomic E-state index is 5.07. The highest BCUT2D eigenvalue weighted by Gasteiger charge is 2.51. The van der Waals surface area contributed by atoms with E-state index in [1.807, 2.05) is 31.2 Å². The summed E-state index contributed by atoms with van der Waals surface area (Å²) < 4.78 is 0. The lowest BCUT2D eigenvalue weighted by molar-refractivity contribution is 0.905. The predicted octanol–water partition coefficient (Wildman–Crippen LogP) is 13.2. The third kappa shape index (κ3) is 7.47. The second-order valence-corrected chi connectivity index (χ2v) is 12.3. The minimum absolute atomic E-state index is 0.501. The lowest BCUT2D eigenvalue weighted by Crippen LogP contribution is -2.23. The molecule has 1 heteroatoms. The van der Waals surface area contributed by atoms with E-state index in [4.69, 9.17) is 4.99 Å². The molecule has 5 rings (SSSR count). The average Bonchev–Trinajstić information content (AvgIpc) is 3.90. The first kappa shape index (κ1) is 34.8. The molecule has 0 saturated heterocycles. The van der Waals surface area contributed by atoms with Crippen molar-refractivity contribution in [2.75, 3.05) is 0 Å². The van der Waals surface area contributed by atoms with Crippen LogP contribution in [0, 0.1) is 0 Å². The van der Waals surface area contributed by atoms with Gasteiger partial charge < -0.3 is 0 Å². The molecule has 1 unspecified atom stereocenters. The molecule has 2 aliphatic rings. The van der Waals surface area contributed by atoms with Gasteiger partial charge in [0.05, 0.1) is 5.71 Å². The van der Waals surface area contributed by atoms with Crippen LogP contribution in [0.25, 0.3) is 33.9 Å². The molecule has 3 aromatic carbocycles. The third-order valence-corrected chi connectivity index (χ3v) is 9.22. The van der Waals surface area contributed by atoms with Crippen molar-refractivity contribution in [2.45, 2.75) is 46.1 Å². The minimum Gasteiger partial charge on any atom is -0.263 e. The zero-order valence-electron chi connectivity index (χ0n) is 29.4. The summed E-state index contributed by atoms with van der Waals surface area (Å²) in [4.78, 5) is 5.07. The number of hydrogen-bond acceptors (Lipinski definition) is 1. The number of nitrogens with zero attached hydrogens (tertiary/aromatic N) is 1. The molecule has 1 nitrogen and oxygen atoms in total. The SMILES string of the molecule is C=C/C=C(\C=C)C1=NC1(/C(C)=C/C=C\C)C(/C=C\c1cccc(-c2cccc(-c3cccc(C4=CCCC(C=C)=C4/C=C\C)c3)c2)c1)=C/C. The molecule has 0 fully saturated rings. The largest absolute Gasteiger partial charge is 0.263 e. The van der Waals surface area contributed by atoms with Gasteiger partial charge in [-0.1, -0.05) is 153 Å². The Morgan fingerprint density at radius 3 is 2.04 bits per heavy atom. The summed E-state index contributed by atoms with van der Waals surface area (Å²) in [7, 11) is 0.